The molecule has 1 saturated heterocycles. The van der Waals surface area contributed by atoms with Crippen LogP contribution in [0.2, 0.25) is 5.02 Å². The molecule has 0 atom stereocenters. The number of sulfonamides is 2. The number of rotatable bonds is 5. The molecule has 1 aliphatic heterocycles. The quantitative estimate of drug-likeness (QED) is 0.618. The summed E-state index contributed by atoms with van der Waals surface area (Å²) in [7, 11) is -5.42. The SMILES string of the molecule is CN1CCN(S(=O)(=O)c2ccc(NS(=O)(=O)c3ccc(Cl)cc3)cc2)CC1.[Cl-]. The molecule has 1 fully saturated rings. The summed E-state index contributed by atoms with van der Waals surface area (Å²) in [5, 5.41) is 0.437. The van der Waals surface area contributed by atoms with Crippen molar-refractivity contribution < 1.29 is 29.2 Å². The Kier molecular flexibility index (Phi) is 7.35. The molecule has 2 aromatic carbocycles. The van der Waals surface area contributed by atoms with Gasteiger partial charge in [-0.3, -0.25) is 4.72 Å². The first-order chi connectivity index (χ1) is 12.7. The smallest absolute Gasteiger partial charge is 0.261 e. The highest BCUT2D eigenvalue weighted by Gasteiger charge is 2.27. The van der Waals surface area contributed by atoms with Crippen LogP contribution in [0, 0.1) is 0 Å². The van der Waals surface area contributed by atoms with E-state index in [1.165, 1.54) is 52.8 Å². The van der Waals surface area contributed by atoms with Crippen LogP contribution in [0.25, 0.3) is 0 Å². The molecule has 28 heavy (non-hydrogen) atoms. The summed E-state index contributed by atoms with van der Waals surface area (Å²) in [5.74, 6) is 0. The van der Waals surface area contributed by atoms with E-state index in [9.17, 15) is 16.8 Å². The number of nitrogens with one attached hydrogen (secondary N) is 1. The van der Waals surface area contributed by atoms with Gasteiger partial charge in [0.05, 0.1) is 9.79 Å². The standard InChI is InChI=1S/C17H20ClN3O4S2.ClH/c1-20-10-12-21(13-11-20)27(24,25)17-8-4-15(5-9-17)19-26(22,23)16-6-2-14(18)3-7-16;/h2-9,19H,10-13H2,1H3;1H/p-1. The second kappa shape index (κ2) is 8.98. The van der Waals surface area contributed by atoms with Crippen LogP contribution in [0.15, 0.2) is 58.3 Å². The van der Waals surface area contributed by atoms with Gasteiger partial charge < -0.3 is 17.3 Å². The van der Waals surface area contributed by atoms with E-state index in [1.54, 1.807) is 0 Å². The van der Waals surface area contributed by atoms with Gasteiger partial charge in [-0.2, -0.15) is 4.31 Å². The van der Waals surface area contributed by atoms with Crippen molar-refractivity contribution in [3.05, 3.63) is 53.6 Å². The molecular weight excluding hydrogens is 445 g/mol. The van der Waals surface area contributed by atoms with E-state index in [2.05, 4.69) is 9.62 Å². The summed E-state index contributed by atoms with van der Waals surface area (Å²) in [6.07, 6.45) is 0. The Bertz CT molecular complexity index is 1000. The molecule has 2 aromatic rings. The fraction of sp³-hybridized carbons (Fsp3) is 0.294. The molecule has 1 heterocycles. The number of nitrogens with zero attached hydrogens (tertiary/aromatic N) is 2. The molecule has 1 N–H and O–H groups in total. The maximum absolute atomic E-state index is 12.7. The average molecular weight is 465 g/mol. The number of piperazine rings is 1. The van der Waals surface area contributed by atoms with E-state index in [1.807, 2.05) is 7.05 Å². The Morgan fingerprint density at radius 2 is 1.32 bits per heavy atom. The molecule has 0 bridgehead atoms. The predicted molar refractivity (Wildman–Crippen MR) is 105 cm³/mol. The van der Waals surface area contributed by atoms with Crippen LogP contribution >= 0.6 is 11.6 Å². The third kappa shape index (κ3) is 5.16. The molecule has 154 valence electrons. The average Bonchev–Trinajstić information content (AvgIpc) is 2.62. The van der Waals surface area contributed by atoms with E-state index >= 15 is 0 Å². The van der Waals surface area contributed by atoms with Crippen LogP contribution in [0.5, 0.6) is 0 Å². The molecule has 0 aliphatic carbocycles. The lowest BCUT2D eigenvalue weighted by atomic mass is 10.3. The zero-order chi connectivity index (χ0) is 19.7. The molecule has 3 rings (SSSR count). The molecule has 0 aromatic heterocycles. The van der Waals surface area contributed by atoms with Gasteiger partial charge >= 0.3 is 0 Å². The van der Waals surface area contributed by atoms with Gasteiger partial charge in [-0.25, -0.2) is 16.8 Å². The fourth-order valence-electron chi connectivity index (χ4n) is 2.70. The Balaban J connectivity index is 0.00000280. The van der Waals surface area contributed by atoms with E-state index in [0.717, 1.165) is 0 Å². The predicted octanol–water partition coefficient (Wildman–Crippen LogP) is -0.919. The normalized spacial score (nSPS) is 16.4. The van der Waals surface area contributed by atoms with Gasteiger partial charge in [0, 0.05) is 36.9 Å². The number of anilines is 1. The van der Waals surface area contributed by atoms with Crippen molar-refractivity contribution in [1.29, 1.82) is 0 Å². The van der Waals surface area contributed by atoms with Gasteiger partial charge in [0.15, 0.2) is 0 Å². The first kappa shape index (κ1) is 22.9. The van der Waals surface area contributed by atoms with Crippen molar-refractivity contribution in [2.45, 2.75) is 9.79 Å². The van der Waals surface area contributed by atoms with E-state index in [4.69, 9.17) is 11.6 Å². The fourth-order valence-corrected chi connectivity index (χ4v) is 5.31. The van der Waals surface area contributed by atoms with Crippen molar-refractivity contribution in [1.82, 2.24) is 9.21 Å². The Labute approximate surface area is 176 Å². The Hall–Kier alpha value is -1.36. The lowest BCUT2D eigenvalue weighted by Crippen LogP contribution is -3.00. The minimum absolute atomic E-state index is 0. The second-order valence-electron chi connectivity index (χ2n) is 6.29. The first-order valence-electron chi connectivity index (χ1n) is 8.26. The Morgan fingerprint density at radius 3 is 1.86 bits per heavy atom. The third-order valence-electron chi connectivity index (χ3n) is 4.33. The summed E-state index contributed by atoms with van der Waals surface area (Å²) >= 11 is 5.78. The van der Waals surface area contributed by atoms with Crippen molar-refractivity contribution in [2.24, 2.45) is 0 Å². The highest BCUT2D eigenvalue weighted by molar-refractivity contribution is 7.92. The van der Waals surface area contributed by atoms with Gasteiger partial charge in [-0.05, 0) is 55.6 Å². The number of hydrogen-bond acceptors (Lipinski definition) is 5. The van der Waals surface area contributed by atoms with E-state index < -0.39 is 20.0 Å². The molecule has 1 aliphatic rings. The highest BCUT2D eigenvalue weighted by Crippen LogP contribution is 2.22. The van der Waals surface area contributed by atoms with Gasteiger partial charge in [0.25, 0.3) is 10.0 Å². The van der Waals surface area contributed by atoms with Gasteiger partial charge in [0.1, 0.15) is 0 Å². The van der Waals surface area contributed by atoms with Crippen molar-refractivity contribution in [3.8, 4) is 0 Å². The number of hydrogen-bond donors (Lipinski definition) is 1. The van der Waals surface area contributed by atoms with Crippen molar-refractivity contribution in [3.63, 3.8) is 0 Å². The minimum atomic E-state index is -3.78. The van der Waals surface area contributed by atoms with Gasteiger partial charge in [-0.15, -0.1) is 0 Å². The highest BCUT2D eigenvalue weighted by atomic mass is 35.5. The summed E-state index contributed by atoms with van der Waals surface area (Å²) in [5.41, 5.74) is 0.280. The summed E-state index contributed by atoms with van der Waals surface area (Å²) in [6.45, 7) is 2.23. The zero-order valence-electron chi connectivity index (χ0n) is 15.0. The van der Waals surface area contributed by atoms with Crippen LogP contribution in [0.1, 0.15) is 0 Å². The van der Waals surface area contributed by atoms with Crippen LogP contribution < -0.4 is 17.1 Å². The molecule has 11 heteroatoms. The van der Waals surface area contributed by atoms with Crippen molar-refractivity contribution >= 4 is 37.3 Å². The molecule has 7 nitrogen and oxygen atoms in total. The molecule has 0 spiro atoms. The van der Waals surface area contributed by atoms with Gasteiger partial charge in [-0.1, -0.05) is 11.6 Å². The number of benzene rings is 2. The second-order valence-corrected chi connectivity index (χ2v) is 10.3. The van der Waals surface area contributed by atoms with Crippen LogP contribution in [0.4, 0.5) is 5.69 Å². The zero-order valence-corrected chi connectivity index (χ0v) is 18.2. The lowest BCUT2D eigenvalue weighted by molar-refractivity contribution is -0.0000104. The minimum Gasteiger partial charge on any atom is -1.00 e. The Morgan fingerprint density at radius 1 is 0.821 bits per heavy atom. The van der Waals surface area contributed by atoms with Crippen molar-refractivity contribution in [2.75, 3.05) is 37.9 Å². The lowest BCUT2D eigenvalue weighted by Gasteiger charge is -2.31. The maximum atomic E-state index is 12.7. The molecule has 0 saturated carbocycles. The van der Waals surface area contributed by atoms with Crippen LogP contribution in [-0.4, -0.2) is 59.3 Å². The molecule has 0 radical (unpaired) electrons. The monoisotopic (exact) mass is 464 g/mol. The van der Waals surface area contributed by atoms with E-state index in [0.29, 0.717) is 31.2 Å². The largest absolute Gasteiger partial charge is 1.00 e. The maximum Gasteiger partial charge on any atom is 0.261 e. The topological polar surface area (TPSA) is 86.8 Å². The summed E-state index contributed by atoms with van der Waals surface area (Å²) in [6, 6.07) is 11.5. The molecule has 0 amide bonds. The molecule has 0 unspecified atom stereocenters. The van der Waals surface area contributed by atoms with Crippen LogP contribution in [-0.2, 0) is 20.0 Å². The van der Waals surface area contributed by atoms with E-state index in [-0.39, 0.29) is 27.9 Å². The van der Waals surface area contributed by atoms with Crippen LogP contribution in [0.3, 0.4) is 0 Å². The number of halogens is 2. The summed E-state index contributed by atoms with van der Waals surface area (Å²) in [4.78, 5) is 2.28. The molecular formula is C17H20Cl2N3O4S2-. The third-order valence-corrected chi connectivity index (χ3v) is 7.89. The summed E-state index contributed by atoms with van der Waals surface area (Å²) < 4.78 is 54.1. The number of likely N-dealkylation sites (N-methyl/N-ethyl adjacent to an activating group) is 1. The first-order valence-corrected chi connectivity index (χ1v) is 11.6. The van der Waals surface area contributed by atoms with Gasteiger partial charge in [0.2, 0.25) is 10.0 Å².